The first-order chi connectivity index (χ1) is 10.3. The Kier molecular flexibility index (Phi) is 5.08. The third kappa shape index (κ3) is 3.73. The van der Waals surface area contributed by atoms with Gasteiger partial charge in [0.05, 0.1) is 10.4 Å². The van der Waals surface area contributed by atoms with Gasteiger partial charge in [-0.1, -0.05) is 24.6 Å². The van der Waals surface area contributed by atoms with Crippen LogP contribution in [0.5, 0.6) is 0 Å². The zero-order valence-corrected chi connectivity index (χ0v) is 14.7. The van der Waals surface area contributed by atoms with Gasteiger partial charge in [0.2, 0.25) is 0 Å². The molecule has 0 spiro atoms. The SMILES string of the molecule is CCc1cnc(CNC(c2cccs2)c2ccc(Cl)s2)s1. The van der Waals surface area contributed by atoms with E-state index in [1.165, 1.54) is 14.6 Å². The Morgan fingerprint density at radius 2 is 2.14 bits per heavy atom. The van der Waals surface area contributed by atoms with E-state index in [0.29, 0.717) is 0 Å². The van der Waals surface area contributed by atoms with Crippen molar-refractivity contribution in [3.8, 4) is 0 Å². The topological polar surface area (TPSA) is 24.9 Å². The Hall–Kier alpha value is -0.720. The minimum absolute atomic E-state index is 0.191. The van der Waals surface area contributed by atoms with Gasteiger partial charge in [-0.2, -0.15) is 0 Å². The summed E-state index contributed by atoms with van der Waals surface area (Å²) in [5.41, 5.74) is 0. The first-order valence-electron chi connectivity index (χ1n) is 6.72. The quantitative estimate of drug-likeness (QED) is 0.644. The lowest BCUT2D eigenvalue weighted by Crippen LogP contribution is -2.20. The third-order valence-electron chi connectivity index (χ3n) is 3.11. The van der Waals surface area contributed by atoms with Crippen molar-refractivity contribution in [1.82, 2.24) is 10.3 Å². The van der Waals surface area contributed by atoms with Crippen LogP contribution in [-0.2, 0) is 13.0 Å². The molecule has 0 aliphatic heterocycles. The summed E-state index contributed by atoms with van der Waals surface area (Å²) in [6, 6.07) is 8.50. The lowest BCUT2D eigenvalue weighted by molar-refractivity contribution is 0.619. The first kappa shape index (κ1) is 15.2. The second kappa shape index (κ2) is 7.03. The zero-order valence-electron chi connectivity index (χ0n) is 11.5. The number of hydrogen-bond donors (Lipinski definition) is 1. The number of thiophene rings is 2. The summed E-state index contributed by atoms with van der Waals surface area (Å²) < 4.78 is 0.830. The standard InChI is InChI=1S/C15H15ClN2S3/c1-2-10-8-17-14(20-10)9-18-15(11-4-3-7-19-11)12-5-6-13(16)21-12/h3-8,15,18H,2,9H2,1H3. The maximum atomic E-state index is 6.09. The fraction of sp³-hybridized carbons (Fsp3) is 0.267. The monoisotopic (exact) mass is 354 g/mol. The van der Waals surface area contributed by atoms with Crippen LogP contribution in [0.3, 0.4) is 0 Å². The fourth-order valence-electron chi connectivity index (χ4n) is 2.06. The van der Waals surface area contributed by atoms with Gasteiger partial charge in [-0.15, -0.1) is 34.0 Å². The van der Waals surface area contributed by atoms with Crippen molar-refractivity contribution >= 4 is 45.6 Å². The molecule has 0 aromatic carbocycles. The van der Waals surface area contributed by atoms with Crippen molar-refractivity contribution in [2.24, 2.45) is 0 Å². The number of aryl methyl sites for hydroxylation is 1. The summed E-state index contributed by atoms with van der Waals surface area (Å²) in [5.74, 6) is 0. The Morgan fingerprint density at radius 3 is 2.76 bits per heavy atom. The molecule has 0 aliphatic carbocycles. The van der Waals surface area contributed by atoms with Crippen LogP contribution in [0.4, 0.5) is 0 Å². The van der Waals surface area contributed by atoms with E-state index < -0.39 is 0 Å². The van der Waals surface area contributed by atoms with Crippen molar-refractivity contribution in [2.45, 2.75) is 25.9 Å². The van der Waals surface area contributed by atoms with Crippen LogP contribution in [0.2, 0.25) is 4.34 Å². The molecule has 0 bridgehead atoms. The van der Waals surface area contributed by atoms with Gasteiger partial charge in [-0.3, -0.25) is 5.32 Å². The number of rotatable bonds is 6. The van der Waals surface area contributed by atoms with Gasteiger partial charge in [-0.25, -0.2) is 4.98 Å². The molecule has 3 aromatic rings. The number of nitrogens with one attached hydrogen (secondary N) is 1. The molecule has 6 heteroatoms. The average molecular weight is 355 g/mol. The third-order valence-corrected chi connectivity index (χ3v) is 6.49. The number of hydrogen-bond acceptors (Lipinski definition) is 5. The average Bonchev–Trinajstić information content (AvgIpc) is 3.21. The van der Waals surface area contributed by atoms with E-state index in [2.05, 4.69) is 40.8 Å². The largest absolute Gasteiger partial charge is 0.298 e. The maximum Gasteiger partial charge on any atom is 0.107 e. The van der Waals surface area contributed by atoms with Gasteiger partial charge in [0.1, 0.15) is 5.01 Å². The summed E-state index contributed by atoms with van der Waals surface area (Å²) in [6.07, 6.45) is 3.02. The summed E-state index contributed by atoms with van der Waals surface area (Å²) in [4.78, 5) is 8.36. The van der Waals surface area contributed by atoms with Crippen molar-refractivity contribution in [3.05, 3.63) is 59.8 Å². The summed E-state index contributed by atoms with van der Waals surface area (Å²) in [7, 11) is 0. The minimum Gasteiger partial charge on any atom is -0.298 e. The van der Waals surface area contributed by atoms with Gasteiger partial charge in [0.25, 0.3) is 0 Å². The van der Waals surface area contributed by atoms with Gasteiger partial charge in [0, 0.05) is 27.4 Å². The predicted octanol–water partition coefficient (Wildman–Crippen LogP) is 5.36. The van der Waals surface area contributed by atoms with E-state index in [0.717, 1.165) is 22.3 Å². The van der Waals surface area contributed by atoms with E-state index in [1.807, 2.05) is 12.3 Å². The smallest absolute Gasteiger partial charge is 0.107 e. The Morgan fingerprint density at radius 1 is 1.24 bits per heavy atom. The highest BCUT2D eigenvalue weighted by molar-refractivity contribution is 7.16. The molecule has 3 heterocycles. The molecule has 1 unspecified atom stereocenters. The molecule has 3 rings (SSSR count). The molecular weight excluding hydrogens is 340 g/mol. The van der Waals surface area contributed by atoms with Crippen LogP contribution in [0.15, 0.2) is 35.8 Å². The van der Waals surface area contributed by atoms with Crippen molar-refractivity contribution in [2.75, 3.05) is 0 Å². The molecule has 1 N–H and O–H groups in total. The van der Waals surface area contributed by atoms with Crippen LogP contribution < -0.4 is 5.32 Å². The highest BCUT2D eigenvalue weighted by atomic mass is 35.5. The highest BCUT2D eigenvalue weighted by Gasteiger charge is 2.17. The van der Waals surface area contributed by atoms with Crippen LogP contribution in [0.1, 0.15) is 32.6 Å². The lowest BCUT2D eigenvalue weighted by Gasteiger charge is -2.15. The molecule has 0 radical (unpaired) electrons. The fourth-order valence-corrected chi connectivity index (χ4v) is 4.92. The van der Waals surface area contributed by atoms with Crippen molar-refractivity contribution in [3.63, 3.8) is 0 Å². The minimum atomic E-state index is 0.191. The molecule has 2 nitrogen and oxygen atoms in total. The molecule has 0 amide bonds. The van der Waals surface area contributed by atoms with Crippen molar-refractivity contribution in [1.29, 1.82) is 0 Å². The number of nitrogens with zero attached hydrogens (tertiary/aromatic N) is 1. The van der Waals surface area contributed by atoms with E-state index in [9.17, 15) is 0 Å². The van der Waals surface area contributed by atoms with E-state index >= 15 is 0 Å². The summed E-state index contributed by atoms with van der Waals surface area (Å²) in [6.45, 7) is 2.94. The van der Waals surface area contributed by atoms with Crippen LogP contribution in [0.25, 0.3) is 0 Å². The van der Waals surface area contributed by atoms with Gasteiger partial charge >= 0.3 is 0 Å². The Labute approximate surface area is 141 Å². The second-order valence-electron chi connectivity index (χ2n) is 4.55. The molecule has 0 fully saturated rings. The molecule has 21 heavy (non-hydrogen) atoms. The molecule has 0 saturated carbocycles. The van der Waals surface area contributed by atoms with Gasteiger partial charge < -0.3 is 0 Å². The van der Waals surface area contributed by atoms with Gasteiger partial charge in [-0.05, 0) is 30.0 Å². The highest BCUT2D eigenvalue weighted by Crippen LogP contribution is 2.33. The molecule has 0 aliphatic rings. The lowest BCUT2D eigenvalue weighted by atomic mass is 10.2. The molecular formula is C15H15ClN2S3. The van der Waals surface area contributed by atoms with Crippen molar-refractivity contribution < 1.29 is 0 Å². The summed E-state index contributed by atoms with van der Waals surface area (Å²) >= 11 is 11.3. The van der Waals surface area contributed by atoms with Crippen LogP contribution in [-0.4, -0.2) is 4.98 Å². The molecule has 0 saturated heterocycles. The zero-order chi connectivity index (χ0) is 14.7. The number of thiazole rings is 1. The number of halogens is 1. The number of aromatic nitrogens is 1. The Balaban J connectivity index is 1.76. The molecule has 110 valence electrons. The summed E-state index contributed by atoms with van der Waals surface area (Å²) in [5, 5.41) is 6.86. The van der Waals surface area contributed by atoms with E-state index in [4.69, 9.17) is 11.6 Å². The molecule has 3 aromatic heterocycles. The molecule has 1 atom stereocenters. The van der Waals surface area contributed by atoms with E-state index in [-0.39, 0.29) is 6.04 Å². The first-order valence-corrected chi connectivity index (χ1v) is 9.61. The van der Waals surface area contributed by atoms with Crippen LogP contribution in [0, 0.1) is 0 Å². The Bertz CT molecular complexity index is 687. The normalized spacial score (nSPS) is 12.7. The maximum absolute atomic E-state index is 6.09. The predicted molar refractivity (Wildman–Crippen MR) is 93.8 cm³/mol. The van der Waals surface area contributed by atoms with Crippen LogP contribution >= 0.6 is 45.6 Å². The second-order valence-corrected chi connectivity index (χ2v) is 8.47. The van der Waals surface area contributed by atoms with Gasteiger partial charge in [0.15, 0.2) is 0 Å². The van der Waals surface area contributed by atoms with E-state index in [1.54, 1.807) is 34.0 Å².